The first-order chi connectivity index (χ1) is 13.3. The molecule has 0 spiro atoms. The maximum Gasteiger partial charge on any atom is 0.366 e. The van der Waals surface area contributed by atoms with Crippen LogP contribution in [0.25, 0.3) is 0 Å². The van der Waals surface area contributed by atoms with Gasteiger partial charge in [-0.15, -0.1) is 0 Å². The quantitative estimate of drug-likeness (QED) is 0.203. The number of carboxylic acid groups (broad SMARTS) is 1. The molecule has 0 bridgehead atoms. The Kier molecular flexibility index (Phi) is 11.6. The van der Waals surface area contributed by atoms with Crippen LogP contribution in [0.15, 0.2) is 24.3 Å². The SMILES string of the molecule is COCCCCC(C)C/C=C/[C@H]1CCC[C@@H]1C/C=C\C[C@H](O)C(O)(O)C(=O)O. The van der Waals surface area contributed by atoms with Gasteiger partial charge in [0.05, 0.1) is 0 Å². The zero-order chi connectivity index (χ0) is 21.0. The van der Waals surface area contributed by atoms with Gasteiger partial charge in [-0.1, -0.05) is 50.5 Å². The van der Waals surface area contributed by atoms with Gasteiger partial charge in [-0.05, 0) is 56.3 Å². The van der Waals surface area contributed by atoms with Crippen molar-refractivity contribution >= 4 is 5.97 Å². The van der Waals surface area contributed by atoms with E-state index < -0.39 is 17.9 Å². The van der Waals surface area contributed by atoms with Gasteiger partial charge in [0.2, 0.25) is 0 Å². The molecule has 1 aliphatic rings. The van der Waals surface area contributed by atoms with Crippen molar-refractivity contribution in [3.63, 3.8) is 0 Å². The van der Waals surface area contributed by atoms with Gasteiger partial charge in [-0.25, -0.2) is 4.79 Å². The third-order valence-electron chi connectivity index (χ3n) is 5.68. The van der Waals surface area contributed by atoms with Crippen LogP contribution in [-0.2, 0) is 9.53 Å². The highest BCUT2D eigenvalue weighted by molar-refractivity contribution is 5.75. The smallest absolute Gasteiger partial charge is 0.366 e. The number of carbonyl (C=O) groups is 1. The predicted molar refractivity (Wildman–Crippen MR) is 109 cm³/mol. The first kappa shape index (κ1) is 24.8. The lowest BCUT2D eigenvalue weighted by atomic mass is 9.91. The second kappa shape index (κ2) is 13.1. The summed E-state index contributed by atoms with van der Waals surface area (Å²) in [7, 11) is 1.74. The number of hydrogen-bond donors (Lipinski definition) is 4. The Morgan fingerprint density at radius 2 is 1.93 bits per heavy atom. The highest BCUT2D eigenvalue weighted by Gasteiger charge is 2.40. The topological polar surface area (TPSA) is 107 Å². The lowest BCUT2D eigenvalue weighted by Gasteiger charge is -2.21. The van der Waals surface area contributed by atoms with E-state index in [0.29, 0.717) is 17.8 Å². The number of carboxylic acids is 1. The standard InChI is InChI=1S/C22H38O6/c1-17(9-5-6-16-28-2)10-7-12-19-14-8-13-18(19)11-3-4-15-20(23)22(26,27)21(24)25/h3-4,7,12,17-20,23,26-27H,5-6,8-11,13-16H2,1-2H3,(H,24,25)/b4-3-,12-7+/t17?,18-,19-,20-/m0/s1. The maximum absolute atomic E-state index is 10.7. The molecule has 1 fully saturated rings. The molecule has 162 valence electrons. The molecule has 6 nitrogen and oxygen atoms in total. The summed E-state index contributed by atoms with van der Waals surface area (Å²) in [6, 6.07) is 0. The summed E-state index contributed by atoms with van der Waals surface area (Å²) in [5.41, 5.74) is 0. The first-order valence-corrected chi connectivity index (χ1v) is 10.5. The molecule has 0 aromatic rings. The summed E-state index contributed by atoms with van der Waals surface area (Å²) in [6.45, 7) is 3.13. The molecular weight excluding hydrogens is 360 g/mol. The van der Waals surface area contributed by atoms with Crippen molar-refractivity contribution in [1.29, 1.82) is 0 Å². The van der Waals surface area contributed by atoms with Gasteiger partial charge >= 0.3 is 5.97 Å². The maximum atomic E-state index is 10.7. The first-order valence-electron chi connectivity index (χ1n) is 10.5. The lowest BCUT2D eigenvalue weighted by Crippen LogP contribution is -2.49. The molecule has 28 heavy (non-hydrogen) atoms. The van der Waals surface area contributed by atoms with Gasteiger partial charge in [0.15, 0.2) is 0 Å². The Balaban J connectivity index is 2.33. The number of allylic oxidation sites excluding steroid dienone is 3. The van der Waals surface area contributed by atoms with Crippen molar-refractivity contribution in [2.24, 2.45) is 17.8 Å². The average molecular weight is 399 g/mol. The second-order valence-corrected chi connectivity index (χ2v) is 8.10. The van der Waals surface area contributed by atoms with Gasteiger partial charge in [0.1, 0.15) is 6.10 Å². The van der Waals surface area contributed by atoms with E-state index in [1.54, 1.807) is 13.2 Å². The summed E-state index contributed by atoms with van der Waals surface area (Å²) in [4.78, 5) is 10.7. The Morgan fingerprint density at radius 3 is 2.61 bits per heavy atom. The van der Waals surface area contributed by atoms with E-state index in [0.717, 1.165) is 32.3 Å². The number of methoxy groups -OCH3 is 1. The molecule has 0 amide bonds. The number of aliphatic hydroxyl groups is 3. The van der Waals surface area contributed by atoms with E-state index in [2.05, 4.69) is 19.1 Å². The summed E-state index contributed by atoms with van der Waals surface area (Å²) >= 11 is 0. The fourth-order valence-electron chi connectivity index (χ4n) is 3.76. The molecule has 4 N–H and O–H groups in total. The average Bonchev–Trinajstić information content (AvgIpc) is 3.09. The van der Waals surface area contributed by atoms with Crippen LogP contribution in [0, 0.1) is 17.8 Å². The molecule has 1 aliphatic carbocycles. The number of unbranched alkanes of at least 4 members (excludes halogenated alkanes) is 1. The van der Waals surface area contributed by atoms with Gasteiger partial charge in [0, 0.05) is 13.7 Å². The van der Waals surface area contributed by atoms with Crippen LogP contribution in [-0.4, -0.2) is 52.0 Å². The van der Waals surface area contributed by atoms with E-state index in [1.165, 1.54) is 25.7 Å². The van der Waals surface area contributed by atoms with Gasteiger partial charge in [-0.3, -0.25) is 0 Å². The van der Waals surface area contributed by atoms with Crippen LogP contribution < -0.4 is 0 Å². The number of aliphatic carboxylic acids is 1. The predicted octanol–water partition coefficient (Wildman–Crippen LogP) is 3.26. The summed E-state index contributed by atoms with van der Waals surface area (Å²) in [5.74, 6) is -3.16. The molecule has 1 unspecified atom stereocenters. The Morgan fingerprint density at radius 1 is 1.18 bits per heavy atom. The van der Waals surface area contributed by atoms with E-state index in [4.69, 9.17) is 9.84 Å². The Bertz CT molecular complexity index is 499. The van der Waals surface area contributed by atoms with Crippen molar-refractivity contribution in [2.45, 2.75) is 76.6 Å². The molecule has 0 radical (unpaired) electrons. The highest BCUT2D eigenvalue weighted by Crippen LogP contribution is 2.35. The third kappa shape index (κ3) is 8.86. The molecule has 1 saturated carbocycles. The van der Waals surface area contributed by atoms with Crippen LogP contribution in [0.2, 0.25) is 0 Å². The Labute approximate surface area is 168 Å². The van der Waals surface area contributed by atoms with Crippen LogP contribution in [0.5, 0.6) is 0 Å². The minimum atomic E-state index is -3.11. The molecule has 4 atom stereocenters. The van der Waals surface area contributed by atoms with Crippen LogP contribution in [0.4, 0.5) is 0 Å². The van der Waals surface area contributed by atoms with Crippen molar-refractivity contribution in [2.75, 3.05) is 13.7 Å². The molecule has 0 aliphatic heterocycles. The second-order valence-electron chi connectivity index (χ2n) is 8.10. The van der Waals surface area contributed by atoms with Crippen LogP contribution in [0.3, 0.4) is 0 Å². The molecule has 0 aromatic heterocycles. The van der Waals surface area contributed by atoms with Crippen LogP contribution in [0.1, 0.15) is 64.7 Å². The molecule has 0 aromatic carbocycles. The molecule has 0 saturated heterocycles. The number of aliphatic hydroxyl groups excluding tert-OH is 1. The van der Waals surface area contributed by atoms with E-state index in [1.807, 2.05) is 6.08 Å². The summed E-state index contributed by atoms with van der Waals surface area (Å²) in [5, 5.41) is 36.9. The number of rotatable bonds is 14. The van der Waals surface area contributed by atoms with Gasteiger partial charge < -0.3 is 25.2 Å². The van der Waals surface area contributed by atoms with Gasteiger partial charge in [0.25, 0.3) is 5.79 Å². The lowest BCUT2D eigenvalue weighted by molar-refractivity contribution is -0.235. The monoisotopic (exact) mass is 398 g/mol. The van der Waals surface area contributed by atoms with Crippen molar-refractivity contribution in [3.8, 4) is 0 Å². The fourth-order valence-corrected chi connectivity index (χ4v) is 3.76. The fraction of sp³-hybridized carbons (Fsp3) is 0.773. The Hall–Kier alpha value is -1.21. The van der Waals surface area contributed by atoms with Gasteiger partial charge in [-0.2, -0.15) is 0 Å². The summed E-state index contributed by atoms with van der Waals surface area (Å²) in [6.07, 6.45) is 15.4. The molecule has 1 rings (SSSR count). The molecule has 6 heteroatoms. The van der Waals surface area contributed by atoms with Crippen LogP contribution >= 0.6 is 0 Å². The molecule has 0 heterocycles. The van der Waals surface area contributed by atoms with E-state index in [9.17, 15) is 20.1 Å². The number of ether oxygens (including phenoxy) is 1. The summed E-state index contributed by atoms with van der Waals surface area (Å²) < 4.78 is 5.08. The van der Waals surface area contributed by atoms with Crippen molar-refractivity contribution in [1.82, 2.24) is 0 Å². The largest absolute Gasteiger partial charge is 0.477 e. The highest BCUT2D eigenvalue weighted by atomic mass is 16.6. The minimum absolute atomic E-state index is 0.104. The third-order valence-corrected chi connectivity index (χ3v) is 5.68. The molecular formula is C22H38O6. The number of hydrogen-bond acceptors (Lipinski definition) is 5. The minimum Gasteiger partial charge on any atom is -0.477 e. The normalized spacial score (nSPS) is 22.9. The van der Waals surface area contributed by atoms with Crippen molar-refractivity contribution in [3.05, 3.63) is 24.3 Å². The zero-order valence-corrected chi connectivity index (χ0v) is 17.3. The van der Waals surface area contributed by atoms with E-state index in [-0.39, 0.29) is 6.42 Å². The van der Waals surface area contributed by atoms with E-state index >= 15 is 0 Å². The zero-order valence-electron chi connectivity index (χ0n) is 17.3. The van der Waals surface area contributed by atoms with Crippen molar-refractivity contribution < 1.29 is 30.0 Å².